The highest BCUT2D eigenvalue weighted by atomic mass is 19.1. The third-order valence-electron chi connectivity index (χ3n) is 4.92. The first-order chi connectivity index (χ1) is 11.5. The summed E-state index contributed by atoms with van der Waals surface area (Å²) in [5.41, 5.74) is 4.95. The number of halogens is 1. The molecule has 0 spiro atoms. The fourth-order valence-electron chi connectivity index (χ4n) is 3.48. The van der Waals surface area contributed by atoms with E-state index in [4.69, 9.17) is 12.6 Å². The topological polar surface area (TPSA) is 9.23 Å². The van der Waals surface area contributed by atoms with Crippen LogP contribution in [0.4, 0.5) is 4.39 Å². The van der Waals surface area contributed by atoms with Gasteiger partial charge in [0.2, 0.25) is 0 Å². The van der Waals surface area contributed by atoms with Crippen molar-refractivity contribution in [3.63, 3.8) is 0 Å². The average molecular weight is 320 g/mol. The minimum Gasteiger partial charge on any atom is -0.497 e. The van der Waals surface area contributed by atoms with Crippen LogP contribution in [0.3, 0.4) is 0 Å². The summed E-state index contributed by atoms with van der Waals surface area (Å²) >= 11 is 0. The molecule has 1 aliphatic rings. The van der Waals surface area contributed by atoms with E-state index < -0.39 is 0 Å². The summed E-state index contributed by atoms with van der Waals surface area (Å²) in [4.78, 5) is 0. The first kappa shape index (κ1) is 16.8. The molecule has 0 unspecified atom stereocenters. The molecule has 0 N–H and O–H groups in total. The van der Waals surface area contributed by atoms with Crippen molar-refractivity contribution in [2.24, 2.45) is 5.41 Å². The van der Waals surface area contributed by atoms with Crippen LogP contribution in [0.5, 0.6) is 5.75 Å². The lowest BCUT2D eigenvalue weighted by Crippen LogP contribution is -2.10. The van der Waals surface area contributed by atoms with Crippen molar-refractivity contribution in [1.82, 2.24) is 0 Å². The number of hydrogen-bond acceptors (Lipinski definition) is 1. The van der Waals surface area contributed by atoms with E-state index in [1.165, 1.54) is 11.6 Å². The molecule has 0 fully saturated rings. The van der Waals surface area contributed by atoms with Crippen LogP contribution in [0.15, 0.2) is 42.5 Å². The molecule has 2 radical (unpaired) electrons. The van der Waals surface area contributed by atoms with Gasteiger partial charge in [-0.3, -0.25) is 0 Å². The summed E-state index contributed by atoms with van der Waals surface area (Å²) in [5.74, 6) is 0.411. The van der Waals surface area contributed by atoms with Crippen LogP contribution in [0, 0.1) is 11.2 Å². The third kappa shape index (κ3) is 3.00. The van der Waals surface area contributed by atoms with E-state index in [-0.39, 0.29) is 11.2 Å². The van der Waals surface area contributed by atoms with Gasteiger partial charge >= 0.3 is 0 Å². The van der Waals surface area contributed by atoms with Gasteiger partial charge in [-0.1, -0.05) is 50.0 Å². The van der Waals surface area contributed by atoms with Crippen molar-refractivity contribution < 1.29 is 9.13 Å². The molecule has 3 rings (SSSR count). The fraction of sp³-hybridized carbons (Fsp3) is 0.333. The molecule has 0 amide bonds. The highest BCUT2D eigenvalue weighted by Crippen LogP contribution is 2.47. The Kier molecular flexibility index (Phi) is 4.53. The van der Waals surface area contributed by atoms with Gasteiger partial charge in [0.1, 0.15) is 11.6 Å². The normalized spacial score (nSPS) is 16.1. The average Bonchev–Trinajstić information content (AvgIpc) is 2.94. The summed E-state index contributed by atoms with van der Waals surface area (Å²) in [6.45, 7) is 4.49. The molecule has 0 saturated heterocycles. The second kappa shape index (κ2) is 6.47. The molecule has 0 bridgehead atoms. The highest BCUT2D eigenvalue weighted by Gasteiger charge is 2.30. The molecule has 0 aromatic heterocycles. The van der Waals surface area contributed by atoms with Crippen LogP contribution in [0.2, 0.25) is 0 Å². The molecule has 24 heavy (non-hydrogen) atoms. The second-order valence-electron chi connectivity index (χ2n) is 6.97. The Labute approximate surface area is 145 Å². The second-order valence-corrected chi connectivity index (χ2v) is 6.97. The molecular formula is C21H22BFO. The van der Waals surface area contributed by atoms with Crippen molar-refractivity contribution in [1.29, 1.82) is 0 Å². The molecule has 1 nitrogen and oxygen atoms in total. The minimum atomic E-state index is -0.242. The van der Waals surface area contributed by atoms with E-state index in [0.717, 1.165) is 29.5 Å². The first-order valence-corrected chi connectivity index (χ1v) is 8.34. The van der Waals surface area contributed by atoms with Gasteiger partial charge in [0, 0.05) is 5.56 Å². The van der Waals surface area contributed by atoms with Crippen LogP contribution in [0.1, 0.15) is 37.8 Å². The molecule has 122 valence electrons. The maximum atomic E-state index is 14.5. The Morgan fingerprint density at radius 1 is 1.08 bits per heavy atom. The Morgan fingerprint density at radius 2 is 1.88 bits per heavy atom. The zero-order valence-electron chi connectivity index (χ0n) is 14.5. The molecular weight excluding hydrogens is 298 g/mol. The Bertz CT molecular complexity index is 792. The van der Waals surface area contributed by atoms with E-state index >= 15 is 0 Å². The predicted molar refractivity (Wildman–Crippen MR) is 98.8 cm³/mol. The van der Waals surface area contributed by atoms with Crippen LogP contribution in [-0.2, 0) is 6.32 Å². The van der Waals surface area contributed by atoms with Crippen molar-refractivity contribution in [3.8, 4) is 16.9 Å². The van der Waals surface area contributed by atoms with Gasteiger partial charge in [0.05, 0.1) is 15.0 Å². The van der Waals surface area contributed by atoms with E-state index in [0.29, 0.717) is 17.6 Å². The van der Waals surface area contributed by atoms with Gasteiger partial charge in [-0.15, -0.1) is 0 Å². The Morgan fingerprint density at radius 3 is 2.50 bits per heavy atom. The molecule has 2 aromatic rings. The van der Waals surface area contributed by atoms with Crippen LogP contribution < -0.4 is 4.74 Å². The van der Waals surface area contributed by atoms with Crippen molar-refractivity contribution in [2.75, 3.05) is 7.11 Å². The van der Waals surface area contributed by atoms with Crippen molar-refractivity contribution in [3.05, 3.63) is 59.4 Å². The quantitative estimate of drug-likeness (QED) is 0.688. The molecule has 0 aliphatic heterocycles. The SMILES string of the molecule is [B]Cc1ccc(-c2cc(OC)ccc2F)c(C2=CCCC2(C)C)c1. The maximum absolute atomic E-state index is 14.5. The summed E-state index contributed by atoms with van der Waals surface area (Å²) in [7, 11) is 7.43. The number of benzene rings is 2. The zero-order valence-corrected chi connectivity index (χ0v) is 14.5. The maximum Gasteiger partial charge on any atom is 0.131 e. The molecule has 1 aliphatic carbocycles. The molecule has 0 heterocycles. The van der Waals surface area contributed by atoms with E-state index in [2.05, 4.69) is 26.0 Å². The van der Waals surface area contributed by atoms with Gasteiger partial charge in [-0.2, -0.15) is 0 Å². The largest absolute Gasteiger partial charge is 0.497 e. The molecule has 2 aromatic carbocycles. The van der Waals surface area contributed by atoms with Gasteiger partial charge in [-0.25, -0.2) is 4.39 Å². The zero-order chi connectivity index (χ0) is 17.3. The van der Waals surface area contributed by atoms with Crippen molar-refractivity contribution in [2.45, 2.75) is 33.0 Å². The summed E-state index contributed by atoms with van der Waals surface area (Å²) in [5, 5.41) is 0. The standard InChI is InChI=1S/C21H22BFO/c1-21(2)10-4-5-19(21)17-11-14(13-22)6-8-16(17)18-12-15(24-3)7-9-20(18)23/h5-9,11-12H,4,10,13H2,1-3H3. The third-order valence-corrected chi connectivity index (χ3v) is 4.92. The lowest BCUT2D eigenvalue weighted by Gasteiger charge is -2.25. The Hall–Kier alpha value is -2.03. The van der Waals surface area contributed by atoms with Gasteiger partial charge in [0.25, 0.3) is 0 Å². The van der Waals surface area contributed by atoms with Crippen LogP contribution in [0.25, 0.3) is 16.7 Å². The number of rotatable bonds is 4. The molecule has 0 atom stereocenters. The smallest absolute Gasteiger partial charge is 0.131 e. The van der Waals surface area contributed by atoms with Gasteiger partial charge in [-0.05, 0) is 53.2 Å². The first-order valence-electron chi connectivity index (χ1n) is 8.34. The van der Waals surface area contributed by atoms with Gasteiger partial charge < -0.3 is 4.74 Å². The predicted octanol–water partition coefficient (Wildman–Crippen LogP) is 5.37. The van der Waals surface area contributed by atoms with Gasteiger partial charge in [0.15, 0.2) is 0 Å². The van der Waals surface area contributed by atoms with Crippen LogP contribution in [-0.4, -0.2) is 15.0 Å². The fourth-order valence-corrected chi connectivity index (χ4v) is 3.48. The highest BCUT2D eigenvalue weighted by molar-refractivity contribution is 6.08. The Balaban J connectivity index is 2.22. The van der Waals surface area contributed by atoms with E-state index in [1.54, 1.807) is 19.2 Å². The summed E-state index contributed by atoms with van der Waals surface area (Å²) in [6, 6.07) is 10.9. The lowest BCUT2D eigenvalue weighted by atomic mass is 9.78. The van der Waals surface area contributed by atoms with Crippen LogP contribution >= 0.6 is 0 Å². The number of methoxy groups -OCH3 is 1. The van der Waals surface area contributed by atoms with E-state index in [1.807, 2.05) is 12.1 Å². The lowest BCUT2D eigenvalue weighted by molar-refractivity contribution is 0.414. The molecule has 3 heteroatoms. The number of allylic oxidation sites excluding steroid dienone is 2. The number of ether oxygens (including phenoxy) is 1. The summed E-state index contributed by atoms with van der Waals surface area (Å²) < 4.78 is 19.8. The minimum absolute atomic E-state index is 0.0807. The summed E-state index contributed by atoms with van der Waals surface area (Å²) in [6.07, 6.45) is 4.91. The molecule has 0 saturated carbocycles. The van der Waals surface area contributed by atoms with E-state index in [9.17, 15) is 4.39 Å². The number of hydrogen-bond donors (Lipinski definition) is 0. The monoisotopic (exact) mass is 320 g/mol. The van der Waals surface area contributed by atoms with Crippen molar-refractivity contribution >= 4 is 13.4 Å².